The number of nitrogen functional groups attached to an aromatic ring is 1. The Morgan fingerprint density at radius 1 is 1.11 bits per heavy atom. The van der Waals surface area contributed by atoms with E-state index in [2.05, 4.69) is 35.3 Å². The van der Waals surface area contributed by atoms with Crippen LogP contribution in [0.15, 0.2) is 54.6 Å². The van der Waals surface area contributed by atoms with Crippen LogP contribution in [0, 0.1) is 11.3 Å². The van der Waals surface area contributed by atoms with Crippen LogP contribution >= 0.6 is 0 Å². The molecule has 3 aromatic rings. The van der Waals surface area contributed by atoms with E-state index in [-0.39, 0.29) is 0 Å². The molecule has 4 nitrogen and oxygen atoms in total. The first kappa shape index (κ1) is 17.1. The van der Waals surface area contributed by atoms with Crippen LogP contribution in [0.3, 0.4) is 0 Å². The normalized spacial score (nSPS) is 15.6. The molecule has 2 N–H and O–H groups in total. The van der Waals surface area contributed by atoms with Gasteiger partial charge in [-0.15, -0.1) is 0 Å². The molecule has 1 aromatic heterocycles. The van der Waals surface area contributed by atoms with Crippen LogP contribution in [-0.2, 0) is 12.8 Å². The van der Waals surface area contributed by atoms with Crippen LogP contribution in [0.25, 0.3) is 11.1 Å². The quantitative estimate of drug-likeness (QED) is 0.752. The lowest BCUT2D eigenvalue weighted by Crippen LogP contribution is -2.17. The van der Waals surface area contributed by atoms with E-state index in [1.165, 1.54) is 5.56 Å². The van der Waals surface area contributed by atoms with Gasteiger partial charge in [-0.2, -0.15) is 5.26 Å². The maximum absolute atomic E-state index is 9.80. The molecule has 1 heterocycles. The summed E-state index contributed by atoms with van der Waals surface area (Å²) in [4.78, 5) is 4.57. The van der Waals surface area contributed by atoms with Crippen LogP contribution in [0.5, 0.6) is 5.75 Å². The Labute approximate surface area is 159 Å². The zero-order valence-corrected chi connectivity index (χ0v) is 15.3. The molecule has 1 aliphatic rings. The van der Waals surface area contributed by atoms with Crippen molar-refractivity contribution >= 4 is 5.82 Å². The van der Waals surface area contributed by atoms with Crippen molar-refractivity contribution in [2.45, 2.75) is 25.2 Å². The minimum Gasteiger partial charge on any atom is -0.496 e. The third-order valence-electron chi connectivity index (χ3n) is 5.35. The predicted molar refractivity (Wildman–Crippen MR) is 107 cm³/mol. The Balaban J connectivity index is 1.91. The number of aromatic nitrogens is 1. The monoisotopic (exact) mass is 355 g/mol. The maximum atomic E-state index is 9.80. The fourth-order valence-electron chi connectivity index (χ4n) is 4.05. The molecule has 27 heavy (non-hydrogen) atoms. The van der Waals surface area contributed by atoms with E-state index in [0.29, 0.717) is 17.3 Å². The lowest BCUT2D eigenvalue weighted by atomic mass is 9.78. The van der Waals surface area contributed by atoms with Gasteiger partial charge in [0, 0.05) is 16.8 Å². The van der Waals surface area contributed by atoms with Gasteiger partial charge in [0.1, 0.15) is 23.2 Å². The van der Waals surface area contributed by atoms with E-state index in [1.807, 2.05) is 30.3 Å². The second-order valence-electron chi connectivity index (χ2n) is 6.83. The van der Waals surface area contributed by atoms with E-state index >= 15 is 0 Å². The molecule has 0 bridgehead atoms. The molecular weight excluding hydrogens is 334 g/mol. The minimum absolute atomic E-state index is 0.301. The smallest absolute Gasteiger partial charge is 0.142 e. The molecular formula is C23H21N3O. The summed E-state index contributed by atoms with van der Waals surface area (Å²) in [5.74, 6) is 1.45. The van der Waals surface area contributed by atoms with Gasteiger partial charge in [0.25, 0.3) is 0 Å². The molecule has 1 aliphatic carbocycles. The molecule has 1 atom stereocenters. The van der Waals surface area contributed by atoms with Gasteiger partial charge in [0.15, 0.2) is 0 Å². The number of ether oxygens (including phenoxy) is 1. The Morgan fingerprint density at radius 2 is 1.85 bits per heavy atom. The van der Waals surface area contributed by atoms with Gasteiger partial charge in [-0.3, -0.25) is 0 Å². The first-order chi connectivity index (χ1) is 13.2. The average molecular weight is 355 g/mol. The van der Waals surface area contributed by atoms with E-state index < -0.39 is 0 Å². The van der Waals surface area contributed by atoms with Crippen LogP contribution in [0.1, 0.15) is 34.7 Å². The topological polar surface area (TPSA) is 71.9 Å². The van der Waals surface area contributed by atoms with Gasteiger partial charge in [-0.25, -0.2) is 4.98 Å². The summed E-state index contributed by atoms with van der Waals surface area (Å²) < 4.78 is 5.57. The fraction of sp³-hybridized carbons (Fsp3) is 0.217. The summed E-state index contributed by atoms with van der Waals surface area (Å²) in [5, 5.41) is 9.80. The second kappa shape index (κ2) is 7.13. The van der Waals surface area contributed by atoms with E-state index in [9.17, 15) is 5.26 Å². The standard InChI is InChI=1S/C23H21N3O/c1-27-21-10-6-5-9-17(21)22-18-13-16(15-7-3-2-4-8-15)11-12-20(18)26-23(25)19(22)14-24/h2-10,16H,11-13H2,1H3,(H2,25,26). The molecule has 0 fully saturated rings. The molecule has 0 amide bonds. The fourth-order valence-corrected chi connectivity index (χ4v) is 4.05. The van der Waals surface area contributed by atoms with Crippen LogP contribution in [0.4, 0.5) is 5.82 Å². The number of anilines is 1. The van der Waals surface area contributed by atoms with Crippen molar-refractivity contribution in [3.63, 3.8) is 0 Å². The highest BCUT2D eigenvalue weighted by atomic mass is 16.5. The molecule has 0 saturated heterocycles. The number of aryl methyl sites for hydroxylation is 1. The molecule has 4 rings (SSSR count). The summed E-state index contributed by atoms with van der Waals surface area (Å²) in [6.45, 7) is 0. The van der Waals surface area contributed by atoms with E-state index in [4.69, 9.17) is 10.5 Å². The number of hydrogen-bond acceptors (Lipinski definition) is 4. The number of rotatable bonds is 3. The van der Waals surface area contributed by atoms with Crippen LogP contribution in [0.2, 0.25) is 0 Å². The van der Waals surface area contributed by atoms with Crippen LogP contribution in [-0.4, -0.2) is 12.1 Å². The van der Waals surface area contributed by atoms with Gasteiger partial charge in [0.2, 0.25) is 0 Å². The largest absolute Gasteiger partial charge is 0.496 e. The number of benzene rings is 2. The number of para-hydroxylation sites is 1. The number of nitrogens with two attached hydrogens (primary N) is 1. The molecule has 0 radical (unpaired) electrons. The van der Waals surface area contributed by atoms with Crippen molar-refractivity contribution in [3.8, 4) is 22.9 Å². The Bertz CT molecular complexity index is 1020. The highest BCUT2D eigenvalue weighted by molar-refractivity contribution is 5.83. The molecule has 0 saturated carbocycles. The lowest BCUT2D eigenvalue weighted by Gasteiger charge is -2.28. The van der Waals surface area contributed by atoms with Crippen molar-refractivity contribution in [1.82, 2.24) is 4.98 Å². The summed E-state index contributed by atoms with van der Waals surface area (Å²) >= 11 is 0. The molecule has 134 valence electrons. The van der Waals surface area contributed by atoms with Gasteiger partial charge < -0.3 is 10.5 Å². The number of hydrogen-bond donors (Lipinski definition) is 1. The van der Waals surface area contributed by atoms with E-state index in [0.717, 1.165) is 47.4 Å². The van der Waals surface area contributed by atoms with Gasteiger partial charge in [-0.1, -0.05) is 48.5 Å². The van der Waals surface area contributed by atoms with Gasteiger partial charge in [-0.05, 0) is 42.4 Å². The number of fused-ring (bicyclic) bond motifs is 1. The third-order valence-corrected chi connectivity index (χ3v) is 5.35. The summed E-state index contributed by atoms with van der Waals surface area (Å²) in [7, 11) is 1.65. The molecule has 0 aliphatic heterocycles. The number of methoxy groups -OCH3 is 1. The Kier molecular flexibility index (Phi) is 4.52. The van der Waals surface area contributed by atoms with Crippen molar-refractivity contribution < 1.29 is 4.74 Å². The maximum Gasteiger partial charge on any atom is 0.142 e. The summed E-state index contributed by atoms with van der Waals surface area (Å²) in [5.41, 5.74) is 11.8. The first-order valence-corrected chi connectivity index (χ1v) is 9.12. The average Bonchev–Trinajstić information content (AvgIpc) is 2.73. The Morgan fingerprint density at radius 3 is 2.59 bits per heavy atom. The highest BCUT2D eigenvalue weighted by Crippen LogP contribution is 2.42. The zero-order valence-electron chi connectivity index (χ0n) is 15.3. The number of nitrogens with zero attached hydrogens (tertiary/aromatic N) is 2. The third kappa shape index (κ3) is 3.02. The Hall–Kier alpha value is -3.32. The number of pyridine rings is 1. The first-order valence-electron chi connectivity index (χ1n) is 9.12. The van der Waals surface area contributed by atoms with Crippen molar-refractivity contribution in [1.29, 1.82) is 5.26 Å². The number of nitriles is 1. The molecule has 4 heteroatoms. The van der Waals surface area contributed by atoms with Gasteiger partial charge in [0.05, 0.1) is 7.11 Å². The SMILES string of the molecule is COc1ccccc1-c1c(C#N)c(N)nc2c1CC(c1ccccc1)CC2. The predicted octanol–water partition coefficient (Wildman–Crippen LogP) is 4.48. The zero-order chi connectivity index (χ0) is 18.8. The van der Waals surface area contributed by atoms with Crippen molar-refractivity contribution in [2.75, 3.05) is 12.8 Å². The highest BCUT2D eigenvalue weighted by Gasteiger charge is 2.28. The molecule has 1 unspecified atom stereocenters. The lowest BCUT2D eigenvalue weighted by molar-refractivity contribution is 0.416. The molecule has 0 spiro atoms. The molecule has 2 aromatic carbocycles. The van der Waals surface area contributed by atoms with Crippen molar-refractivity contribution in [3.05, 3.63) is 77.0 Å². The second-order valence-corrected chi connectivity index (χ2v) is 6.83. The summed E-state index contributed by atoms with van der Waals surface area (Å²) in [6.07, 6.45) is 2.72. The van der Waals surface area contributed by atoms with Gasteiger partial charge >= 0.3 is 0 Å². The van der Waals surface area contributed by atoms with Crippen molar-refractivity contribution in [2.24, 2.45) is 0 Å². The van der Waals surface area contributed by atoms with E-state index in [1.54, 1.807) is 7.11 Å². The summed E-state index contributed by atoms with van der Waals surface area (Å²) in [6, 6.07) is 20.6. The van der Waals surface area contributed by atoms with Crippen LogP contribution < -0.4 is 10.5 Å². The minimum atomic E-state index is 0.301.